The molecule has 0 aromatic heterocycles. The van der Waals surface area contributed by atoms with Gasteiger partial charge in [-0.3, -0.25) is 0 Å². The van der Waals surface area contributed by atoms with Crippen molar-refractivity contribution < 1.29 is 14.3 Å². The van der Waals surface area contributed by atoms with Crippen LogP contribution >= 0.6 is 23.5 Å². The third-order valence-electron chi connectivity index (χ3n) is 4.09. The van der Waals surface area contributed by atoms with Gasteiger partial charge < -0.3 is 9.47 Å². The van der Waals surface area contributed by atoms with Crippen molar-refractivity contribution in [2.75, 3.05) is 18.1 Å². The Labute approximate surface area is 153 Å². The van der Waals surface area contributed by atoms with Crippen LogP contribution in [0.2, 0.25) is 0 Å². The van der Waals surface area contributed by atoms with Crippen LogP contribution in [0.3, 0.4) is 0 Å². The molecule has 1 aliphatic rings. The smallest absolute Gasteiger partial charge is 0.338 e. The predicted octanol–water partition coefficient (Wildman–Crippen LogP) is 4.87. The molecule has 1 saturated heterocycles. The first-order valence-corrected chi connectivity index (χ1v) is 10.4. The second-order valence-electron chi connectivity index (χ2n) is 5.93. The lowest BCUT2D eigenvalue weighted by atomic mass is 9.90. The summed E-state index contributed by atoms with van der Waals surface area (Å²) in [5.41, 5.74) is 0.0616. The third-order valence-corrected chi connectivity index (χ3v) is 6.63. The fourth-order valence-corrected chi connectivity index (χ4v) is 4.96. The average Bonchev–Trinajstić information content (AvgIpc) is 2.61. The zero-order valence-corrected chi connectivity index (χ0v) is 16.3. The van der Waals surface area contributed by atoms with Crippen LogP contribution in [-0.4, -0.2) is 29.7 Å². The summed E-state index contributed by atoms with van der Waals surface area (Å²) in [7, 11) is 0. The van der Waals surface area contributed by atoms with Gasteiger partial charge in [-0.2, -0.15) is 0 Å². The lowest BCUT2D eigenvalue weighted by molar-refractivity contribution is -0.176. The van der Waals surface area contributed by atoms with Crippen molar-refractivity contribution in [3.63, 3.8) is 0 Å². The molecule has 3 nitrogen and oxygen atoms in total. The van der Waals surface area contributed by atoms with E-state index in [1.807, 2.05) is 74.6 Å². The van der Waals surface area contributed by atoms with E-state index in [4.69, 9.17) is 9.47 Å². The van der Waals surface area contributed by atoms with Gasteiger partial charge in [0.15, 0.2) is 5.60 Å². The highest BCUT2D eigenvalue weighted by Gasteiger charge is 2.41. The Hall–Kier alpha value is -0.910. The molecule has 0 amide bonds. The van der Waals surface area contributed by atoms with E-state index in [0.717, 1.165) is 17.1 Å². The molecule has 0 aliphatic carbocycles. The van der Waals surface area contributed by atoms with Crippen LogP contribution in [-0.2, 0) is 20.9 Å². The van der Waals surface area contributed by atoms with Gasteiger partial charge in [-0.1, -0.05) is 43.3 Å². The maximum Gasteiger partial charge on any atom is 0.338 e. The predicted molar refractivity (Wildman–Crippen MR) is 103 cm³/mol. The summed E-state index contributed by atoms with van der Waals surface area (Å²) in [6, 6.07) is 9.92. The first-order valence-electron chi connectivity index (χ1n) is 8.38. The second kappa shape index (κ2) is 9.54. The molecule has 24 heavy (non-hydrogen) atoms. The molecule has 0 spiro atoms. The van der Waals surface area contributed by atoms with Crippen molar-refractivity contribution in [2.24, 2.45) is 5.92 Å². The van der Waals surface area contributed by atoms with Crippen LogP contribution in [0.4, 0.5) is 0 Å². The van der Waals surface area contributed by atoms with Crippen LogP contribution in [0, 0.1) is 5.92 Å². The van der Waals surface area contributed by atoms with Crippen LogP contribution in [0.15, 0.2) is 40.6 Å². The largest absolute Gasteiger partial charge is 0.464 e. The van der Waals surface area contributed by atoms with E-state index < -0.39 is 5.60 Å². The lowest BCUT2D eigenvalue weighted by Gasteiger charge is -2.32. The lowest BCUT2D eigenvalue weighted by Crippen LogP contribution is -2.45. The van der Waals surface area contributed by atoms with Gasteiger partial charge in [0.25, 0.3) is 0 Å². The molecular weight excluding hydrogens is 340 g/mol. The molecule has 0 radical (unpaired) electrons. The average molecular weight is 367 g/mol. The van der Waals surface area contributed by atoms with Crippen molar-refractivity contribution in [1.29, 1.82) is 0 Å². The number of rotatable bonds is 7. The molecule has 0 unspecified atom stereocenters. The van der Waals surface area contributed by atoms with E-state index >= 15 is 0 Å². The Kier molecular flexibility index (Phi) is 7.72. The Morgan fingerprint density at radius 1 is 1.29 bits per heavy atom. The highest BCUT2D eigenvalue weighted by Crippen LogP contribution is 2.38. The highest BCUT2D eigenvalue weighted by molar-refractivity contribution is 8.22. The number of ether oxygens (including phenoxy) is 2. The van der Waals surface area contributed by atoms with Gasteiger partial charge in [-0.25, -0.2) is 4.79 Å². The summed E-state index contributed by atoms with van der Waals surface area (Å²) in [5, 5.41) is 0. The quantitative estimate of drug-likeness (QED) is 0.643. The second-order valence-corrected chi connectivity index (χ2v) is 8.46. The molecule has 5 heteroatoms. The fraction of sp³-hybridized carbons (Fsp3) is 0.526. The van der Waals surface area contributed by atoms with Crippen LogP contribution in [0.25, 0.3) is 0 Å². The molecule has 0 N–H and O–H groups in total. The molecule has 1 aromatic rings. The molecule has 0 saturated carbocycles. The molecule has 1 aromatic carbocycles. The molecule has 2 rings (SSSR count). The van der Waals surface area contributed by atoms with E-state index in [9.17, 15) is 4.79 Å². The van der Waals surface area contributed by atoms with Crippen LogP contribution < -0.4 is 0 Å². The monoisotopic (exact) mass is 366 g/mol. The van der Waals surface area contributed by atoms with Crippen molar-refractivity contribution >= 4 is 29.5 Å². The SMILES string of the molecule is CCOC(=O)[C@@](C)(OCc1ccccc1)[C@H](C)C=C1SCCCS1. The Morgan fingerprint density at radius 2 is 1.96 bits per heavy atom. The van der Waals surface area contributed by atoms with Crippen LogP contribution in [0.1, 0.15) is 32.8 Å². The van der Waals surface area contributed by atoms with Crippen molar-refractivity contribution in [3.8, 4) is 0 Å². The van der Waals surface area contributed by atoms with Gasteiger partial charge in [-0.05, 0) is 37.3 Å². The Balaban J connectivity index is 2.13. The van der Waals surface area contributed by atoms with Gasteiger partial charge >= 0.3 is 5.97 Å². The van der Waals surface area contributed by atoms with Crippen molar-refractivity contribution in [1.82, 2.24) is 0 Å². The van der Waals surface area contributed by atoms with E-state index in [1.165, 1.54) is 10.7 Å². The zero-order chi connectivity index (χ0) is 17.4. The number of hydrogen-bond donors (Lipinski definition) is 0. The first kappa shape index (κ1) is 19.4. The van der Waals surface area contributed by atoms with Gasteiger partial charge in [0.05, 0.1) is 13.2 Å². The molecule has 2 atom stereocenters. The summed E-state index contributed by atoms with van der Waals surface area (Å²) in [6.07, 6.45) is 3.40. The number of hydrogen-bond acceptors (Lipinski definition) is 5. The molecule has 1 fully saturated rings. The maximum atomic E-state index is 12.6. The summed E-state index contributed by atoms with van der Waals surface area (Å²) in [4.78, 5) is 12.6. The molecular formula is C19H26O3S2. The summed E-state index contributed by atoms with van der Waals surface area (Å²) in [5.74, 6) is 1.93. The van der Waals surface area contributed by atoms with Crippen LogP contribution in [0.5, 0.6) is 0 Å². The molecule has 1 heterocycles. The minimum atomic E-state index is -0.989. The van der Waals surface area contributed by atoms with Gasteiger partial charge in [0, 0.05) is 10.2 Å². The standard InChI is InChI=1S/C19H26O3S2/c1-4-21-18(20)19(3,22-14-16-9-6-5-7-10-16)15(2)13-17-23-11-8-12-24-17/h5-7,9-10,13,15H,4,8,11-12,14H2,1-3H3/t15-,19+/m1/s1. The van der Waals surface area contributed by atoms with Gasteiger partial charge in [-0.15, -0.1) is 23.5 Å². The van der Waals surface area contributed by atoms with Crippen molar-refractivity contribution in [2.45, 2.75) is 39.4 Å². The van der Waals surface area contributed by atoms with E-state index in [2.05, 4.69) is 6.08 Å². The first-order chi connectivity index (χ1) is 11.6. The number of benzene rings is 1. The highest BCUT2D eigenvalue weighted by atomic mass is 32.2. The molecule has 0 bridgehead atoms. The number of thioether (sulfide) groups is 2. The fourth-order valence-electron chi connectivity index (χ4n) is 2.36. The Bertz CT molecular complexity index is 551. The third kappa shape index (κ3) is 5.30. The minimum absolute atomic E-state index is 0.0617. The zero-order valence-electron chi connectivity index (χ0n) is 14.6. The van der Waals surface area contributed by atoms with E-state index in [-0.39, 0.29) is 11.9 Å². The Morgan fingerprint density at radius 3 is 2.58 bits per heavy atom. The minimum Gasteiger partial charge on any atom is -0.464 e. The number of carbonyl (C=O) groups is 1. The van der Waals surface area contributed by atoms with E-state index in [0.29, 0.717) is 13.2 Å². The van der Waals surface area contributed by atoms with E-state index in [1.54, 1.807) is 0 Å². The molecule has 132 valence electrons. The molecule has 1 aliphatic heterocycles. The summed E-state index contributed by atoms with van der Waals surface area (Å²) < 4.78 is 12.7. The number of carbonyl (C=O) groups excluding carboxylic acids is 1. The summed E-state index contributed by atoms with van der Waals surface area (Å²) >= 11 is 3.73. The topological polar surface area (TPSA) is 35.5 Å². The normalized spacial score (nSPS) is 18.5. The van der Waals surface area contributed by atoms with Gasteiger partial charge in [0.2, 0.25) is 0 Å². The van der Waals surface area contributed by atoms with Crippen molar-refractivity contribution in [3.05, 3.63) is 46.2 Å². The maximum absolute atomic E-state index is 12.6. The summed E-state index contributed by atoms with van der Waals surface area (Å²) in [6.45, 7) is 6.45. The van der Waals surface area contributed by atoms with Gasteiger partial charge in [0.1, 0.15) is 0 Å². The number of esters is 1.